The normalized spacial score (nSPS) is 31.0. The molecule has 1 aromatic heterocycles. The molecule has 0 aromatic carbocycles. The van der Waals surface area contributed by atoms with Crippen LogP contribution < -0.4 is 16.5 Å². The quantitative estimate of drug-likeness (QED) is 0.521. The number of rotatable bonds is 4. The van der Waals surface area contributed by atoms with Crippen LogP contribution >= 0.6 is 11.8 Å². The average Bonchev–Trinajstić information content (AvgIpc) is 2.91. The molecule has 4 aliphatic carbocycles. The maximum Gasteiger partial charge on any atom is 0.321 e. The number of nitrogens with two attached hydrogens (primary N) is 1. The number of carbonyl (C=O) groups is 2. The van der Waals surface area contributed by atoms with E-state index in [4.69, 9.17) is 5.84 Å². The summed E-state index contributed by atoms with van der Waals surface area (Å²) in [5.74, 6) is 8.61. The van der Waals surface area contributed by atoms with Crippen molar-refractivity contribution in [3.05, 3.63) is 5.82 Å². The fraction of sp³-hybridized carbons (Fsp3) is 0.789. The Morgan fingerprint density at radius 2 is 1.71 bits per heavy atom. The maximum absolute atomic E-state index is 12.4. The molecule has 4 fully saturated rings. The predicted octanol–water partition coefficient (Wildman–Crippen LogP) is 2.18. The number of nitrogens with one attached hydrogen (secondary N) is 2. The number of imide groups is 1. The van der Waals surface area contributed by atoms with Gasteiger partial charge in [0.15, 0.2) is 5.82 Å². The van der Waals surface area contributed by atoms with E-state index >= 15 is 0 Å². The van der Waals surface area contributed by atoms with Gasteiger partial charge < -0.3 is 11.2 Å². The summed E-state index contributed by atoms with van der Waals surface area (Å²) in [5, 5.41) is 14.2. The minimum Gasteiger partial charge on any atom is -0.336 e. The van der Waals surface area contributed by atoms with Crippen LogP contribution in [0.1, 0.15) is 65.1 Å². The van der Waals surface area contributed by atoms with Crippen LogP contribution in [0.4, 0.5) is 4.79 Å². The lowest BCUT2D eigenvalue weighted by Gasteiger charge is -2.56. The topological polar surface area (TPSA) is 115 Å². The lowest BCUT2D eigenvalue weighted by atomic mass is 9.53. The Morgan fingerprint density at radius 3 is 2.21 bits per heavy atom. The number of carbonyl (C=O) groups excluding carboxylic acids is 2. The molecule has 28 heavy (non-hydrogen) atoms. The largest absolute Gasteiger partial charge is 0.336 e. The zero-order valence-electron chi connectivity index (χ0n) is 16.8. The third kappa shape index (κ3) is 3.86. The van der Waals surface area contributed by atoms with E-state index < -0.39 is 0 Å². The zero-order chi connectivity index (χ0) is 20.1. The number of hydrogen-bond acceptors (Lipinski definition) is 6. The molecule has 4 aliphatic rings. The molecule has 9 heteroatoms. The molecular formula is C19H30N6O2S. The first-order valence-electron chi connectivity index (χ1n) is 10.1. The Labute approximate surface area is 169 Å². The van der Waals surface area contributed by atoms with Crippen LogP contribution in [-0.2, 0) is 10.2 Å². The van der Waals surface area contributed by atoms with Crippen molar-refractivity contribution in [2.24, 2.45) is 17.8 Å². The average molecular weight is 407 g/mol. The van der Waals surface area contributed by atoms with Gasteiger partial charge in [-0.1, -0.05) is 32.5 Å². The fourth-order valence-electron chi connectivity index (χ4n) is 5.72. The molecular weight excluding hydrogens is 376 g/mol. The third-order valence-corrected chi connectivity index (χ3v) is 7.28. The van der Waals surface area contributed by atoms with Crippen LogP contribution in [0, 0.1) is 17.8 Å². The van der Waals surface area contributed by atoms with Crippen molar-refractivity contribution >= 4 is 23.7 Å². The zero-order valence-corrected chi connectivity index (χ0v) is 17.6. The SMILES string of the molecule is CC(C)(C)c1nnc(SCC(=O)NC(=O)NC23CC4CC(CC(C4)C2)C3)n1N. The van der Waals surface area contributed by atoms with Crippen molar-refractivity contribution in [3.63, 3.8) is 0 Å². The van der Waals surface area contributed by atoms with Gasteiger partial charge >= 0.3 is 6.03 Å². The van der Waals surface area contributed by atoms with Crippen LogP contribution in [0.15, 0.2) is 5.16 Å². The van der Waals surface area contributed by atoms with Crippen molar-refractivity contribution in [1.82, 2.24) is 25.5 Å². The summed E-state index contributed by atoms with van der Waals surface area (Å²) >= 11 is 1.18. The molecule has 4 saturated carbocycles. The first kappa shape index (κ1) is 19.5. The molecule has 0 spiro atoms. The highest BCUT2D eigenvalue weighted by Crippen LogP contribution is 2.55. The Kier molecular flexibility index (Phi) is 4.84. The van der Waals surface area contributed by atoms with Crippen molar-refractivity contribution < 1.29 is 9.59 Å². The Morgan fingerprint density at radius 1 is 1.14 bits per heavy atom. The van der Waals surface area contributed by atoms with E-state index in [1.807, 2.05) is 20.8 Å². The van der Waals surface area contributed by atoms with Gasteiger partial charge in [-0.3, -0.25) is 10.1 Å². The van der Waals surface area contributed by atoms with E-state index in [1.54, 1.807) is 0 Å². The van der Waals surface area contributed by atoms with Gasteiger partial charge in [0.2, 0.25) is 11.1 Å². The lowest BCUT2D eigenvalue weighted by Crippen LogP contribution is -2.61. The molecule has 1 aromatic rings. The van der Waals surface area contributed by atoms with E-state index in [1.165, 1.54) is 35.7 Å². The van der Waals surface area contributed by atoms with E-state index in [2.05, 4.69) is 20.8 Å². The molecule has 0 unspecified atom stereocenters. The molecule has 4 bridgehead atoms. The second-order valence-electron chi connectivity index (χ2n) is 9.92. The minimum absolute atomic E-state index is 0.0633. The van der Waals surface area contributed by atoms with E-state index in [0.29, 0.717) is 11.0 Å². The summed E-state index contributed by atoms with van der Waals surface area (Å²) in [5.41, 5.74) is -0.341. The van der Waals surface area contributed by atoms with E-state index in [-0.39, 0.29) is 28.6 Å². The van der Waals surface area contributed by atoms with Gasteiger partial charge in [-0.2, -0.15) is 0 Å². The van der Waals surface area contributed by atoms with Crippen molar-refractivity contribution in [3.8, 4) is 0 Å². The molecule has 3 amide bonds. The van der Waals surface area contributed by atoms with Gasteiger partial charge in [-0.15, -0.1) is 10.2 Å². The standard InChI is InChI=1S/C19H30N6O2S/c1-18(2,3)15-23-24-17(25(15)20)28-10-14(26)21-16(27)22-19-7-11-4-12(8-19)6-13(5-11)9-19/h11-13H,4-10,20H2,1-3H3,(H2,21,22,26,27). The van der Waals surface area contributed by atoms with Crippen LogP contribution in [-0.4, -0.2) is 38.1 Å². The minimum atomic E-state index is -0.378. The Hall–Kier alpha value is -1.77. The van der Waals surface area contributed by atoms with Crippen LogP contribution in [0.2, 0.25) is 0 Å². The van der Waals surface area contributed by atoms with Crippen molar-refractivity contribution in [2.45, 2.75) is 75.4 Å². The van der Waals surface area contributed by atoms with Gasteiger partial charge in [-0.05, 0) is 56.3 Å². The highest BCUT2D eigenvalue weighted by atomic mass is 32.2. The molecule has 154 valence electrons. The monoisotopic (exact) mass is 406 g/mol. The van der Waals surface area contributed by atoms with Crippen LogP contribution in [0.3, 0.4) is 0 Å². The highest BCUT2D eigenvalue weighted by Gasteiger charge is 2.51. The number of hydrogen-bond donors (Lipinski definition) is 3. The Balaban J connectivity index is 1.29. The van der Waals surface area contributed by atoms with Gasteiger partial charge in [0.05, 0.1) is 5.75 Å². The maximum atomic E-state index is 12.4. The summed E-state index contributed by atoms with van der Waals surface area (Å²) in [6.45, 7) is 5.99. The molecule has 0 aliphatic heterocycles. The van der Waals surface area contributed by atoms with Crippen LogP contribution in [0.5, 0.6) is 0 Å². The smallest absolute Gasteiger partial charge is 0.321 e. The van der Waals surface area contributed by atoms with Crippen molar-refractivity contribution in [2.75, 3.05) is 11.6 Å². The van der Waals surface area contributed by atoms with Gasteiger partial charge in [0.25, 0.3) is 0 Å². The Bertz CT molecular complexity index is 749. The number of nitrogen functional groups attached to an aromatic ring is 1. The molecule has 4 N–H and O–H groups in total. The number of urea groups is 1. The summed E-state index contributed by atoms with van der Waals surface area (Å²) in [4.78, 5) is 24.7. The third-order valence-electron chi connectivity index (χ3n) is 6.34. The number of thioether (sulfide) groups is 1. The van der Waals surface area contributed by atoms with Gasteiger partial charge in [0.1, 0.15) is 0 Å². The fourth-order valence-corrected chi connectivity index (χ4v) is 6.37. The highest BCUT2D eigenvalue weighted by molar-refractivity contribution is 7.99. The predicted molar refractivity (Wildman–Crippen MR) is 107 cm³/mol. The molecule has 5 rings (SSSR count). The van der Waals surface area contributed by atoms with Crippen molar-refractivity contribution in [1.29, 1.82) is 0 Å². The molecule has 1 heterocycles. The molecule has 0 saturated heterocycles. The molecule has 8 nitrogen and oxygen atoms in total. The summed E-state index contributed by atoms with van der Waals surface area (Å²) in [6, 6.07) is -0.378. The molecule has 0 atom stereocenters. The summed E-state index contributed by atoms with van der Waals surface area (Å²) in [6.07, 6.45) is 7.11. The van der Waals surface area contributed by atoms with Crippen LogP contribution in [0.25, 0.3) is 0 Å². The number of amides is 3. The van der Waals surface area contributed by atoms with Gasteiger partial charge in [0, 0.05) is 11.0 Å². The van der Waals surface area contributed by atoms with E-state index in [9.17, 15) is 9.59 Å². The number of nitrogens with zero attached hydrogens (tertiary/aromatic N) is 3. The second-order valence-corrected chi connectivity index (χ2v) is 10.9. The first-order chi connectivity index (χ1) is 13.1. The first-order valence-corrected chi connectivity index (χ1v) is 11.1. The molecule has 0 radical (unpaired) electrons. The number of aromatic nitrogens is 3. The summed E-state index contributed by atoms with van der Waals surface area (Å²) < 4.78 is 1.41. The van der Waals surface area contributed by atoms with Gasteiger partial charge in [-0.25, -0.2) is 9.47 Å². The second kappa shape index (κ2) is 6.93. The summed E-state index contributed by atoms with van der Waals surface area (Å²) in [7, 11) is 0. The van der Waals surface area contributed by atoms with E-state index in [0.717, 1.165) is 37.0 Å². The lowest BCUT2D eigenvalue weighted by molar-refractivity contribution is -0.117.